The molecule has 0 aliphatic carbocycles. The Hall–Kier alpha value is -1.88. The third-order valence-corrected chi connectivity index (χ3v) is 3.28. The zero-order valence-corrected chi connectivity index (χ0v) is 10.5. The second kappa shape index (κ2) is 6.16. The predicted octanol–water partition coefficient (Wildman–Crippen LogP) is 2.89. The lowest BCUT2D eigenvalue weighted by Crippen LogP contribution is -2.34. The molecule has 2 N–H and O–H groups in total. The minimum Gasteiger partial charge on any atom is -0.334 e. The number of benzene rings is 1. The van der Waals surface area contributed by atoms with E-state index in [1.807, 2.05) is 17.5 Å². The maximum absolute atomic E-state index is 13.3. The average Bonchev–Trinajstić information content (AvgIpc) is 2.88. The Balaban J connectivity index is 1.77. The highest BCUT2D eigenvalue weighted by Gasteiger charge is 2.04. The Morgan fingerprint density at radius 2 is 1.89 bits per heavy atom. The highest BCUT2D eigenvalue weighted by Crippen LogP contribution is 2.07. The fourth-order valence-electron chi connectivity index (χ4n) is 1.46. The monoisotopic (exact) mass is 264 g/mol. The van der Waals surface area contributed by atoms with Gasteiger partial charge in [0.15, 0.2) is 0 Å². The molecule has 94 valence electrons. The minimum absolute atomic E-state index is 0.183. The number of nitrogens with one attached hydrogen (secondary N) is 2. The molecule has 5 heteroatoms. The van der Waals surface area contributed by atoms with Gasteiger partial charge in [-0.2, -0.15) is 0 Å². The first-order valence-corrected chi connectivity index (χ1v) is 6.41. The molecule has 1 aromatic heterocycles. The van der Waals surface area contributed by atoms with Gasteiger partial charge in [-0.1, -0.05) is 24.3 Å². The molecule has 0 aliphatic rings. The third kappa shape index (κ3) is 3.56. The summed E-state index contributed by atoms with van der Waals surface area (Å²) in [4.78, 5) is 12.6. The number of carbonyl (C=O) groups excluding carboxylic acids is 1. The van der Waals surface area contributed by atoms with Crippen molar-refractivity contribution >= 4 is 17.4 Å². The van der Waals surface area contributed by atoms with Crippen LogP contribution >= 0.6 is 11.3 Å². The Bertz CT molecular complexity index is 513. The molecule has 0 saturated carbocycles. The summed E-state index contributed by atoms with van der Waals surface area (Å²) in [5.74, 6) is -0.309. The van der Waals surface area contributed by atoms with Crippen LogP contribution in [0.25, 0.3) is 0 Å². The lowest BCUT2D eigenvalue weighted by atomic mass is 10.2. The molecule has 0 fully saturated rings. The van der Waals surface area contributed by atoms with Crippen molar-refractivity contribution in [2.75, 3.05) is 0 Å². The molecular formula is C13H13FN2OS. The topological polar surface area (TPSA) is 41.1 Å². The van der Waals surface area contributed by atoms with Gasteiger partial charge in [-0.05, 0) is 17.5 Å². The van der Waals surface area contributed by atoms with Gasteiger partial charge in [0.2, 0.25) is 0 Å². The molecule has 0 radical (unpaired) electrons. The normalized spacial score (nSPS) is 10.1. The molecule has 1 aromatic carbocycles. The lowest BCUT2D eigenvalue weighted by molar-refractivity contribution is 0.240. The van der Waals surface area contributed by atoms with E-state index in [0.29, 0.717) is 12.1 Å². The summed E-state index contributed by atoms with van der Waals surface area (Å²) in [6.45, 7) is 0.670. The van der Waals surface area contributed by atoms with Crippen LogP contribution in [-0.4, -0.2) is 6.03 Å². The lowest BCUT2D eigenvalue weighted by Gasteiger charge is -2.07. The second-order valence-corrected chi connectivity index (χ2v) is 4.74. The quantitative estimate of drug-likeness (QED) is 0.876. The van der Waals surface area contributed by atoms with Gasteiger partial charge < -0.3 is 10.6 Å². The third-order valence-electron chi connectivity index (χ3n) is 2.40. The molecule has 0 spiro atoms. The Morgan fingerprint density at radius 1 is 1.11 bits per heavy atom. The van der Waals surface area contributed by atoms with Crippen LogP contribution in [0.2, 0.25) is 0 Å². The Kier molecular flexibility index (Phi) is 4.30. The molecule has 0 saturated heterocycles. The smallest absolute Gasteiger partial charge is 0.315 e. The van der Waals surface area contributed by atoms with Gasteiger partial charge in [-0.25, -0.2) is 9.18 Å². The first kappa shape index (κ1) is 12.6. The van der Waals surface area contributed by atoms with Crippen molar-refractivity contribution in [3.63, 3.8) is 0 Å². The predicted molar refractivity (Wildman–Crippen MR) is 69.8 cm³/mol. The van der Waals surface area contributed by atoms with E-state index in [1.54, 1.807) is 29.5 Å². The summed E-state index contributed by atoms with van der Waals surface area (Å²) in [7, 11) is 0. The summed E-state index contributed by atoms with van der Waals surface area (Å²) in [6.07, 6.45) is 0. The molecular weight excluding hydrogens is 251 g/mol. The summed E-state index contributed by atoms with van der Waals surface area (Å²) >= 11 is 1.58. The van der Waals surface area contributed by atoms with Gasteiger partial charge in [0.1, 0.15) is 5.82 Å². The maximum Gasteiger partial charge on any atom is 0.315 e. The second-order valence-electron chi connectivity index (χ2n) is 3.71. The molecule has 2 aromatic rings. The molecule has 0 aliphatic heterocycles. The van der Waals surface area contributed by atoms with Gasteiger partial charge in [-0.15, -0.1) is 11.3 Å². The molecule has 18 heavy (non-hydrogen) atoms. The number of carbonyl (C=O) groups is 1. The van der Waals surface area contributed by atoms with E-state index in [9.17, 15) is 9.18 Å². The average molecular weight is 264 g/mol. The number of urea groups is 1. The first-order valence-electron chi connectivity index (χ1n) is 5.53. The highest BCUT2D eigenvalue weighted by atomic mass is 32.1. The van der Waals surface area contributed by atoms with Crippen LogP contribution in [0, 0.1) is 5.82 Å². The SMILES string of the molecule is O=C(NCc1cccs1)NCc1ccccc1F. The number of hydrogen-bond acceptors (Lipinski definition) is 2. The van der Waals surface area contributed by atoms with Crippen molar-refractivity contribution < 1.29 is 9.18 Å². The number of halogens is 1. The number of amides is 2. The molecule has 0 atom stereocenters. The summed E-state index contributed by atoms with van der Waals surface area (Å²) in [5.41, 5.74) is 0.476. The minimum atomic E-state index is -0.309. The van der Waals surface area contributed by atoms with Gasteiger partial charge in [-0.3, -0.25) is 0 Å². The Morgan fingerprint density at radius 3 is 2.61 bits per heavy atom. The van der Waals surface area contributed by atoms with Gasteiger partial charge >= 0.3 is 6.03 Å². The fourth-order valence-corrected chi connectivity index (χ4v) is 2.10. The molecule has 0 unspecified atom stereocenters. The van der Waals surface area contributed by atoms with Crippen molar-refractivity contribution in [2.45, 2.75) is 13.1 Å². The number of rotatable bonds is 4. The van der Waals surface area contributed by atoms with Gasteiger partial charge in [0.05, 0.1) is 6.54 Å². The van der Waals surface area contributed by atoms with Crippen molar-refractivity contribution in [2.24, 2.45) is 0 Å². The van der Waals surface area contributed by atoms with Crippen LogP contribution in [0.3, 0.4) is 0 Å². The highest BCUT2D eigenvalue weighted by molar-refractivity contribution is 7.09. The van der Waals surface area contributed by atoms with Crippen molar-refractivity contribution in [1.82, 2.24) is 10.6 Å². The summed E-state index contributed by atoms with van der Waals surface area (Å²) < 4.78 is 13.3. The van der Waals surface area contributed by atoms with Crippen LogP contribution in [0.4, 0.5) is 9.18 Å². The molecule has 1 heterocycles. The fraction of sp³-hybridized carbons (Fsp3) is 0.154. The zero-order chi connectivity index (χ0) is 12.8. The number of hydrogen-bond donors (Lipinski definition) is 2. The van der Waals surface area contributed by atoms with Crippen molar-refractivity contribution in [1.29, 1.82) is 0 Å². The van der Waals surface area contributed by atoms with Crippen LogP contribution in [-0.2, 0) is 13.1 Å². The van der Waals surface area contributed by atoms with E-state index >= 15 is 0 Å². The van der Waals surface area contributed by atoms with Crippen LogP contribution in [0.15, 0.2) is 41.8 Å². The van der Waals surface area contributed by atoms with Crippen LogP contribution < -0.4 is 10.6 Å². The zero-order valence-electron chi connectivity index (χ0n) is 9.65. The van der Waals surface area contributed by atoms with E-state index in [1.165, 1.54) is 6.07 Å². The molecule has 3 nitrogen and oxygen atoms in total. The van der Waals surface area contributed by atoms with Crippen LogP contribution in [0.5, 0.6) is 0 Å². The van der Waals surface area contributed by atoms with E-state index in [0.717, 1.165) is 4.88 Å². The summed E-state index contributed by atoms with van der Waals surface area (Å²) in [6, 6.07) is 9.96. The van der Waals surface area contributed by atoms with Gasteiger partial charge in [0.25, 0.3) is 0 Å². The van der Waals surface area contributed by atoms with Crippen LogP contribution in [0.1, 0.15) is 10.4 Å². The maximum atomic E-state index is 13.3. The molecule has 0 bridgehead atoms. The van der Waals surface area contributed by atoms with Crippen molar-refractivity contribution in [3.05, 3.63) is 58.0 Å². The largest absolute Gasteiger partial charge is 0.334 e. The van der Waals surface area contributed by atoms with Gasteiger partial charge in [0, 0.05) is 17.0 Å². The molecule has 2 rings (SSSR count). The van der Waals surface area contributed by atoms with E-state index in [4.69, 9.17) is 0 Å². The van der Waals surface area contributed by atoms with E-state index < -0.39 is 0 Å². The summed E-state index contributed by atoms with van der Waals surface area (Å²) in [5, 5.41) is 7.28. The van der Waals surface area contributed by atoms with E-state index in [-0.39, 0.29) is 18.4 Å². The Labute approximate surface area is 109 Å². The first-order chi connectivity index (χ1) is 8.75. The number of thiophene rings is 1. The van der Waals surface area contributed by atoms with E-state index in [2.05, 4.69) is 10.6 Å². The standard InChI is InChI=1S/C13H13FN2OS/c14-12-6-2-1-4-10(12)8-15-13(17)16-9-11-5-3-7-18-11/h1-7H,8-9H2,(H2,15,16,17). The molecule has 2 amide bonds. The van der Waals surface area contributed by atoms with Crippen molar-refractivity contribution in [3.8, 4) is 0 Å².